The highest BCUT2D eigenvalue weighted by Gasteiger charge is 2.20. The van der Waals surface area contributed by atoms with Gasteiger partial charge in [0.25, 0.3) is 0 Å². The van der Waals surface area contributed by atoms with Crippen molar-refractivity contribution in [1.82, 2.24) is 5.32 Å². The van der Waals surface area contributed by atoms with E-state index in [1.807, 2.05) is 6.07 Å². The molecular formula is C21H21N3O5. The van der Waals surface area contributed by atoms with Gasteiger partial charge in [0.15, 0.2) is 12.4 Å². The molecule has 0 saturated heterocycles. The molecule has 0 bridgehead atoms. The molecule has 150 valence electrons. The van der Waals surface area contributed by atoms with Crippen molar-refractivity contribution >= 4 is 35.1 Å². The predicted octanol–water partition coefficient (Wildman–Crippen LogP) is 2.51. The van der Waals surface area contributed by atoms with Crippen LogP contribution in [-0.2, 0) is 20.7 Å². The molecule has 3 N–H and O–H groups in total. The zero-order chi connectivity index (χ0) is 20.8. The Morgan fingerprint density at radius 1 is 1.10 bits per heavy atom. The Hall–Kier alpha value is -3.68. The van der Waals surface area contributed by atoms with Crippen LogP contribution in [0.25, 0.3) is 0 Å². The molecule has 0 unspecified atom stereocenters. The Morgan fingerprint density at radius 3 is 2.62 bits per heavy atom. The van der Waals surface area contributed by atoms with E-state index in [1.165, 1.54) is 6.92 Å². The van der Waals surface area contributed by atoms with Crippen LogP contribution in [0, 0.1) is 0 Å². The Bertz CT molecular complexity index is 943. The number of benzene rings is 2. The molecule has 29 heavy (non-hydrogen) atoms. The lowest BCUT2D eigenvalue weighted by Gasteiger charge is -2.17. The molecule has 1 heterocycles. The van der Waals surface area contributed by atoms with Gasteiger partial charge >= 0.3 is 12.0 Å². The van der Waals surface area contributed by atoms with E-state index >= 15 is 0 Å². The number of ketones is 1. The lowest BCUT2D eigenvalue weighted by atomic mass is 9.99. The number of nitrogens with one attached hydrogen (secondary N) is 3. The first kappa shape index (κ1) is 20.1. The highest BCUT2D eigenvalue weighted by atomic mass is 16.5. The van der Waals surface area contributed by atoms with Gasteiger partial charge in [0, 0.05) is 23.4 Å². The topological polar surface area (TPSA) is 114 Å². The third-order valence-corrected chi connectivity index (χ3v) is 4.40. The van der Waals surface area contributed by atoms with Crippen LogP contribution in [-0.4, -0.2) is 36.3 Å². The van der Waals surface area contributed by atoms with E-state index in [9.17, 15) is 19.2 Å². The van der Waals surface area contributed by atoms with Crippen molar-refractivity contribution in [2.45, 2.75) is 25.8 Å². The fourth-order valence-electron chi connectivity index (χ4n) is 2.85. The summed E-state index contributed by atoms with van der Waals surface area (Å²) >= 11 is 0. The Labute approximate surface area is 167 Å². The minimum atomic E-state index is -0.926. The van der Waals surface area contributed by atoms with Crippen molar-refractivity contribution in [3.05, 3.63) is 59.7 Å². The fourth-order valence-corrected chi connectivity index (χ4v) is 2.85. The summed E-state index contributed by atoms with van der Waals surface area (Å²) < 4.78 is 5.03. The van der Waals surface area contributed by atoms with Crippen molar-refractivity contribution in [3.63, 3.8) is 0 Å². The quantitative estimate of drug-likeness (QED) is 0.514. The number of ether oxygens (including phenoxy) is 1. The van der Waals surface area contributed by atoms with E-state index in [-0.39, 0.29) is 11.7 Å². The van der Waals surface area contributed by atoms with Crippen molar-refractivity contribution in [2.24, 2.45) is 0 Å². The zero-order valence-electron chi connectivity index (χ0n) is 15.9. The van der Waals surface area contributed by atoms with Crippen LogP contribution >= 0.6 is 0 Å². The zero-order valence-corrected chi connectivity index (χ0v) is 15.9. The summed E-state index contributed by atoms with van der Waals surface area (Å²) in [5.41, 5.74) is 2.55. The number of anilines is 2. The minimum Gasteiger partial charge on any atom is -0.456 e. The van der Waals surface area contributed by atoms with Crippen LogP contribution in [0.5, 0.6) is 0 Å². The summed E-state index contributed by atoms with van der Waals surface area (Å²) in [5.74, 6) is -1.13. The monoisotopic (exact) mass is 395 g/mol. The van der Waals surface area contributed by atoms with Gasteiger partial charge in [-0.15, -0.1) is 0 Å². The van der Waals surface area contributed by atoms with E-state index < -0.39 is 24.6 Å². The number of aryl methyl sites for hydroxylation is 1. The van der Waals surface area contributed by atoms with Crippen LogP contribution < -0.4 is 16.0 Å². The third-order valence-electron chi connectivity index (χ3n) is 4.40. The van der Waals surface area contributed by atoms with E-state index in [4.69, 9.17) is 4.74 Å². The molecular weight excluding hydrogens is 374 g/mol. The van der Waals surface area contributed by atoms with Crippen molar-refractivity contribution in [2.75, 3.05) is 17.2 Å². The molecule has 8 nitrogen and oxygen atoms in total. The number of hydrogen-bond acceptors (Lipinski definition) is 5. The molecule has 8 heteroatoms. The lowest BCUT2D eigenvalue weighted by molar-refractivity contribution is -0.144. The summed E-state index contributed by atoms with van der Waals surface area (Å²) in [6, 6.07) is 12.2. The van der Waals surface area contributed by atoms with E-state index in [0.29, 0.717) is 29.8 Å². The Balaban J connectivity index is 1.48. The molecule has 1 atom stereocenters. The number of fused-ring (bicyclic) bond motifs is 1. The highest BCUT2D eigenvalue weighted by molar-refractivity contribution is 6.00. The van der Waals surface area contributed by atoms with E-state index in [1.54, 1.807) is 42.5 Å². The molecule has 3 amide bonds. The molecule has 0 radical (unpaired) electrons. The second-order valence-electron chi connectivity index (χ2n) is 6.64. The SMILES string of the molecule is C[C@H](NC(=O)Nc1ccccc1)C(=O)OCC(=O)c1ccc2c(c1)CCC(=O)N2. The second kappa shape index (κ2) is 9.01. The van der Waals surface area contributed by atoms with Gasteiger partial charge in [0.05, 0.1) is 0 Å². The van der Waals surface area contributed by atoms with Crippen molar-refractivity contribution in [3.8, 4) is 0 Å². The lowest BCUT2D eigenvalue weighted by Crippen LogP contribution is -2.42. The van der Waals surface area contributed by atoms with Gasteiger partial charge < -0.3 is 20.7 Å². The van der Waals surface area contributed by atoms with Crippen LogP contribution in [0.1, 0.15) is 29.3 Å². The van der Waals surface area contributed by atoms with Crippen LogP contribution in [0.15, 0.2) is 48.5 Å². The number of carbonyl (C=O) groups excluding carboxylic acids is 4. The summed E-state index contributed by atoms with van der Waals surface area (Å²) in [6.45, 7) is 1.04. The van der Waals surface area contributed by atoms with Gasteiger partial charge in [0.1, 0.15) is 6.04 Å². The first-order valence-electron chi connectivity index (χ1n) is 9.17. The first-order chi connectivity index (χ1) is 13.9. The Morgan fingerprint density at radius 2 is 1.86 bits per heavy atom. The van der Waals surface area contributed by atoms with Gasteiger partial charge in [-0.2, -0.15) is 0 Å². The number of urea groups is 1. The van der Waals surface area contributed by atoms with E-state index in [0.717, 1.165) is 5.56 Å². The third kappa shape index (κ3) is 5.41. The molecule has 2 aromatic carbocycles. The predicted molar refractivity (Wildman–Crippen MR) is 107 cm³/mol. The molecule has 1 aliphatic heterocycles. The summed E-state index contributed by atoms with van der Waals surface area (Å²) in [5, 5.41) is 7.80. The van der Waals surface area contributed by atoms with Crippen LogP contribution in [0.4, 0.5) is 16.2 Å². The van der Waals surface area contributed by atoms with Gasteiger partial charge in [-0.3, -0.25) is 9.59 Å². The van der Waals surface area contributed by atoms with Crippen molar-refractivity contribution < 1.29 is 23.9 Å². The molecule has 0 spiro atoms. The number of carbonyl (C=O) groups is 4. The number of esters is 1. The normalized spacial score (nSPS) is 13.5. The molecule has 0 aliphatic carbocycles. The Kier molecular flexibility index (Phi) is 6.23. The number of para-hydroxylation sites is 1. The molecule has 0 aromatic heterocycles. The minimum absolute atomic E-state index is 0.0525. The smallest absolute Gasteiger partial charge is 0.328 e. The van der Waals surface area contributed by atoms with E-state index in [2.05, 4.69) is 16.0 Å². The van der Waals surface area contributed by atoms with Gasteiger partial charge in [-0.25, -0.2) is 9.59 Å². The number of Topliss-reactive ketones (excluding diaryl/α,β-unsaturated/α-hetero) is 1. The van der Waals surface area contributed by atoms with Crippen LogP contribution in [0.3, 0.4) is 0 Å². The maximum Gasteiger partial charge on any atom is 0.328 e. The number of amides is 3. The molecule has 0 fully saturated rings. The standard InChI is InChI=1S/C21H21N3O5/c1-13(22-21(28)23-16-5-3-2-4-6-16)20(27)29-12-18(25)15-7-9-17-14(11-15)8-10-19(26)24-17/h2-7,9,11,13H,8,10,12H2,1H3,(H,24,26)(H2,22,23,28)/t13-/m0/s1. The summed E-state index contributed by atoms with van der Waals surface area (Å²) in [6.07, 6.45) is 0.924. The summed E-state index contributed by atoms with van der Waals surface area (Å²) in [4.78, 5) is 47.7. The average Bonchev–Trinajstić information content (AvgIpc) is 2.71. The largest absolute Gasteiger partial charge is 0.456 e. The summed E-state index contributed by atoms with van der Waals surface area (Å²) in [7, 11) is 0. The highest BCUT2D eigenvalue weighted by Crippen LogP contribution is 2.23. The molecule has 1 aliphatic rings. The number of rotatable bonds is 6. The second-order valence-corrected chi connectivity index (χ2v) is 6.64. The first-order valence-corrected chi connectivity index (χ1v) is 9.17. The van der Waals surface area contributed by atoms with Gasteiger partial charge in [0.2, 0.25) is 5.91 Å². The molecule has 3 rings (SSSR count). The number of hydrogen-bond donors (Lipinski definition) is 3. The van der Waals surface area contributed by atoms with Crippen molar-refractivity contribution in [1.29, 1.82) is 0 Å². The molecule has 2 aromatic rings. The maximum absolute atomic E-state index is 12.3. The average molecular weight is 395 g/mol. The fraction of sp³-hybridized carbons (Fsp3) is 0.238. The van der Waals surface area contributed by atoms with Gasteiger partial charge in [-0.05, 0) is 49.2 Å². The van der Waals surface area contributed by atoms with Gasteiger partial charge in [-0.1, -0.05) is 18.2 Å². The van der Waals surface area contributed by atoms with Crippen LogP contribution in [0.2, 0.25) is 0 Å². The maximum atomic E-state index is 12.3. The molecule has 0 saturated carbocycles.